The fourth-order valence-corrected chi connectivity index (χ4v) is 5.04. The molecule has 0 spiro atoms. The third kappa shape index (κ3) is 4.03. The summed E-state index contributed by atoms with van der Waals surface area (Å²) in [6.45, 7) is 5.48. The zero-order valence-electron chi connectivity index (χ0n) is 14.2. The first-order valence-electron chi connectivity index (χ1n) is 8.44. The molecule has 2 atom stereocenters. The maximum absolute atomic E-state index is 12.7. The van der Waals surface area contributed by atoms with Gasteiger partial charge in [0.2, 0.25) is 5.95 Å². The summed E-state index contributed by atoms with van der Waals surface area (Å²) < 4.78 is 23.1. The van der Waals surface area contributed by atoms with Crippen LogP contribution in [0.25, 0.3) is 0 Å². The number of likely N-dealkylation sites (tertiary alicyclic amines) is 1. The molecular weight excluding hydrogens is 328 g/mol. The predicted octanol–water partition coefficient (Wildman–Crippen LogP) is 1.26. The van der Waals surface area contributed by atoms with Crippen LogP contribution in [-0.4, -0.2) is 59.8 Å². The Morgan fingerprint density at radius 1 is 1.33 bits per heavy atom. The molecule has 2 unspecified atom stereocenters. The first kappa shape index (κ1) is 17.1. The van der Waals surface area contributed by atoms with Crippen LogP contribution in [0.15, 0.2) is 6.07 Å². The molecule has 1 N–H and O–H groups in total. The second-order valence-electron chi connectivity index (χ2n) is 6.96. The normalized spacial score (nSPS) is 26.3. The number of piperidine rings is 1. The number of hydrogen-bond donors (Lipinski definition) is 1. The minimum atomic E-state index is -2.97. The summed E-state index contributed by atoms with van der Waals surface area (Å²) in [5.41, 5.74) is 1.07. The highest BCUT2D eigenvalue weighted by molar-refractivity contribution is 7.91. The van der Waals surface area contributed by atoms with Gasteiger partial charge in [-0.15, -0.1) is 0 Å². The van der Waals surface area contributed by atoms with Crippen LogP contribution in [-0.2, 0) is 9.84 Å². The van der Waals surface area contributed by atoms with Crippen molar-refractivity contribution in [1.29, 1.82) is 0 Å². The van der Waals surface area contributed by atoms with Gasteiger partial charge in [0.25, 0.3) is 5.91 Å². The van der Waals surface area contributed by atoms with Gasteiger partial charge in [-0.25, -0.2) is 18.4 Å². The molecule has 3 rings (SSSR count). The van der Waals surface area contributed by atoms with E-state index in [0.29, 0.717) is 29.7 Å². The SMILES string of the molecule is Cc1cc(C(=O)N2CCCC(C)C2)nc(NC2CCS(=O)(=O)C2)n1. The van der Waals surface area contributed by atoms with Crippen LogP contribution in [0.2, 0.25) is 0 Å². The molecule has 0 radical (unpaired) electrons. The van der Waals surface area contributed by atoms with E-state index >= 15 is 0 Å². The Kier molecular flexibility index (Phi) is 4.76. The van der Waals surface area contributed by atoms with Gasteiger partial charge in [0, 0.05) is 24.8 Å². The smallest absolute Gasteiger partial charge is 0.272 e. The molecular formula is C16H24N4O3S. The lowest BCUT2D eigenvalue weighted by Gasteiger charge is -2.30. The molecule has 1 aromatic rings. The molecule has 1 amide bonds. The first-order valence-corrected chi connectivity index (χ1v) is 10.3. The van der Waals surface area contributed by atoms with E-state index in [1.54, 1.807) is 6.07 Å². The molecule has 1 aromatic heterocycles. The highest BCUT2D eigenvalue weighted by Gasteiger charge is 2.29. The Morgan fingerprint density at radius 3 is 2.79 bits per heavy atom. The second-order valence-corrected chi connectivity index (χ2v) is 9.19. The molecule has 7 nitrogen and oxygen atoms in total. The van der Waals surface area contributed by atoms with Crippen LogP contribution < -0.4 is 5.32 Å². The topological polar surface area (TPSA) is 92.3 Å². The highest BCUT2D eigenvalue weighted by atomic mass is 32.2. The lowest BCUT2D eigenvalue weighted by Crippen LogP contribution is -2.39. The lowest BCUT2D eigenvalue weighted by atomic mass is 10.00. The van der Waals surface area contributed by atoms with Gasteiger partial charge in [0.15, 0.2) is 9.84 Å². The van der Waals surface area contributed by atoms with Crippen LogP contribution in [0.3, 0.4) is 0 Å². The van der Waals surface area contributed by atoms with E-state index in [2.05, 4.69) is 22.2 Å². The fraction of sp³-hybridized carbons (Fsp3) is 0.688. The van der Waals surface area contributed by atoms with Gasteiger partial charge in [-0.1, -0.05) is 6.92 Å². The van der Waals surface area contributed by atoms with E-state index in [-0.39, 0.29) is 23.5 Å². The fourth-order valence-electron chi connectivity index (χ4n) is 3.37. The molecule has 0 bridgehead atoms. The minimum absolute atomic E-state index is 0.0749. The number of anilines is 1. The average molecular weight is 352 g/mol. The Hall–Kier alpha value is -1.70. The Balaban J connectivity index is 1.75. The second kappa shape index (κ2) is 6.66. The van der Waals surface area contributed by atoms with Crippen LogP contribution >= 0.6 is 0 Å². The Labute approximate surface area is 142 Å². The Bertz CT molecular complexity index is 735. The third-order valence-electron chi connectivity index (χ3n) is 4.58. The van der Waals surface area contributed by atoms with Crippen molar-refractivity contribution in [1.82, 2.24) is 14.9 Å². The molecule has 0 aliphatic carbocycles. The third-order valence-corrected chi connectivity index (χ3v) is 6.35. The van der Waals surface area contributed by atoms with Gasteiger partial charge in [0.1, 0.15) is 5.69 Å². The zero-order valence-corrected chi connectivity index (χ0v) is 15.0. The molecule has 2 aliphatic rings. The number of nitrogens with one attached hydrogen (secondary N) is 1. The standard InChI is InChI=1S/C16H24N4O3S/c1-11-4-3-6-20(9-11)15(21)14-8-12(2)17-16(19-14)18-13-5-7-24(22,23)10-13/h8,11,13H,3-7,9-10H2,1-2H3,(H,17,18,19). The van der Waals surface area contributed by atoms with Gasteiger partial charge >= 0.3 is 0 Å². The molecule has 0 saturated carbocycles. The van der Waals surface area contributed by atoms with E-state index in [1.165, 1.54) is 0 Å². The summed E-state index contributed by atoms with van der Waals surface area (Å²) in [6, 6.07) is 1.51. The summed E-state index contributed by atoms with van der Waals surface area (Å²) in [7, 11) is -2.97. The molecule has 2 saturated heterocycles. The van der Waals surface area contributed by atoms with Gasteiger partial charge in [-0.05, 0) is 38.2 Å². The van der Waals surface area contributed by atoms with E-state index < -0.39 is 9.84 Å². The van der Waals surface area contributed by atoms with Gasteiger partial charge in [-0.2, -0.15) is 0 Å². The van der Waals surface area contributed by atoms with Crippen molar-refractivity contribution in [2.45, 2.75) is 39.2 Å². The predicted molar refractivity (Wildman–Crippen MR) is 91.8 cm³/mol. The van der Waals surface area contributed by atoms with Crippen LogP contribution in [0.5, 0.6) is 0 Å². The van der Waals surface area contributed by atoms with Crippen molar-refractivity contribution in [3.05, 3.63) is 17.5 Å². The summed E-state index contributed by atoms with van der Waals surface area (Å²) in [5.74, 6) is 1.05. The van der Waals surface area contributed by atoms with Crippen molar-refractivity contribution >= 4 is 21.7 Å². The van der Waals surface area contributed by atoms with Crippen molar-refractivity contribution < 1.29 is 13.2 Å². The quantitative estimate of drug-likeness (QED) is 0.880. The number of carbonyl (C=O) groups is 1. The maximum Gasteiger partial charge on any atom is 0.272 e. The van der Waals surface area contributed by atoms with Gasteiger partial charge in [0.05, 0.1) is 11.5 Å². The summed E-state index contributed by atoms with van der Waals surface area (Å²) in [4.78, 5) is 23.2. The Morgan fingerprint density at radius 2 is 2.12 bits per heavy atom. The maximum atomic E-state index is 12.7. The largest absolute Gasteiger partial charge is 0.350 e. The monoisotopic (exact) mass is 352 g/mol. The summed E-state index contributed by atoms with van der Waals surface area (Å²) in [6.07, 6.45) is 2.71. The molecule has 24 heavy (non-hydrogen) atoms. The van der Waals surface area contributed by atoms with E-state index in [9.17, 15) is 13.2 Å². The van der Waals surface area contributed by atoms with Crippen LogP contribution in [0.1, 0.15) is 42.4 Å². The summed E-state index contributed by atoms with van der Waals surface area (Å²) in [5, 5.41) is 3.07. The molecule has 2 aliphatic heterocycles. The number of aromatic nitrogens is 2. The van der Waals surface area contributed by atoms with Crippen LogP contribution in [0, 0.1) is 12.8 Å². The highest BCUT2D eigenvalue weighted by Crippen LogP contribution is 2.19. The molecule has 0 aromatic carbocycles. The van der Waals surface area contributed by atoms with Crippen molar-refractivity contribution in [3.8, 4) is 0 Å². The zero-order chi connectivity index (χ0) is 17.3. The number of aryl methyl sites for hydroxylation is 1. The molecule has 2 fully saturated rings. The van der Waals surface area contributed by atoms with E-state index in [0.717, 1.165) is 25.9 Å². The van der Waals surface area contributed by atoms with Gasteiger partial charge < -0.3 is 10.2 Å². The minimum Gasteiger partial charge on any atom is -0.350 e. The number of rotatable bonds is 3. The number of nitrogens with zero attached hydrogens (tertiary/aromatic N) is 3. The summed E-state index contributed by atoms with van der Waals surface area (Å²) >= 11 is 0. The number of sulfone groups is 1. The lowest BCUT2D eigenvalue weighted by molar-refractivity contribution is 0.0677. The first-order chi connectivity index (χ1) is 11.3. The van der Waals surface area contributed by atoms with Crippen LogP contribution in [0.4, 0.5) is 5.95 Å². The number of hydrogen-bond acceptors (Lipinski definition) is 6. The van der Waals surface area contributed by atoms with Crippen molar-refractivity contribution in [2.75, 3.05) is 29.9 Å². The average Bonchev–Trinajstić information content (AvgIpc) is 2.84. The number of carbonyl (C=O) groups excluding carboxylic acids is 1. The van der Waals surface area contributed by atoms with E-state index in [4.69, 9.17) is 0 Å². The van der Waals surface area contributed by atoms with Crippen molar-refractivity contribution in [3.63, 3.8) is 0 Å². The molecule has 132 valence electrons. The van der Waals surface area contributed by atoms with Gasteiger partial charge in [-0.3, -0.25) is 4.79 Å². The molecule has 3 heterocycles. The van der Waals surface area contributed by atoms with Crippen molar-refractivity contribution in [2.24, 2.45) is 5.92 Å². The number of amides is 1. The van der Waals surface area contributed by atoms with E-state index in [1.807, 2.05) is 11.8 Å². The molecule has 8 heteroatoms.